The quantitative estimate of drug-likeness (QED) is 0.720. The van der Waals surface area contributed by atoms with Crippen LogP contribution < -0.4 is 0 Å². The van der Waals surface area contributed by atoms with E-state index in [1.54, 1.807) is 18.4 Å². The molecule has 1 unspecified atom stereocenters. The molecule has 0 amide bonds. The van der Waals surface area contributed by atoms with Crippen LogP contribution in [0.4, 0.5) is 4.39 Å². The average molecular weight is 318 g/mol. The zero-order valence-corrected chi connectivity index (χ0v) is 11.6. The molecule has 0 saturated carbocycles. The van der Waals surface area contributed by atoms with Gasteiger partial charge in [-0.3, -0.25) is 0 Å². The summed E-state index contributed by atoms with van der Waals surface area (Å²) in [6, 6.07) is 6.64. The summed E-state index contributed by atoms with van der Waals surface area (Å²) in [5.74, 6) is 0.575. The monoisotopic (exact) mass is 316 g/mol. The summed E-state index contributed by atoms with van der Waals surface area (Å²) in [4.78, 5) is 0. The highest BCUT2D eigenvalue weighted by molar-refractivity contribution is 9.10. The first-order valence-electron chi connectivity index (χ1n) is 5.28. The molecule has 1 aromatic heterocycles. The number of rotatable bonds is 3. The van der Waals surface area contributed by atoms with Crippen molar-refractivity contribution in [2.24, 2.45) is 0 Å². The molecule has 0 aliphatic carbocycles. The Kier molecular flexibility index (Phi) is 3.89. The fourth-order valence-corrected chi connectivity index (χ4v) is 2.44. The molecular weight excluding hydrogens is 306 g/mol. The summed E-state index contributed by atoms with van der Waals surface area (Å²) in [5, 5.41) is -0.319. The third-order valence-electron chi connectivity index (χ3n) is 2.61. The lowest BCUT2D eigenvalue weighted by atomic mass is 10.0. The van der Waals surface area contributed by atoms with Gasteiger partial charge in [0, 0.05) is 12.0 Å². The molecule has 0 radical (unpaired) electrons. The summed E-state index contributed by atoms with van der Waals surface area (Å²) < 4.78 is 18.9. The van der Waals surface area contributed by atoms with Crippen molar-refractivity contribution in [2.45, 2.75) is 18.7 Å². The number of halogens is 3. The first kappa shape index (κ1) is 12.7. The van der Waals surface area contributed by atoms with E-state index in [2.05, 4.69) is 15.9 Å². The lowest BCUT2D eigenvalue weighted by molar-refractivity contribution is 0.512. The predicted octanol–water partition coefficient (Wildman–Crippen LogP) is 5.07. The molecule has 0 aliphatic rings. The molecule has 0 spiro atoms. The van der Waals surface area contributed by atoms with Crippen LogP contribution in [0, 0.1) is 5.82 Å². The Morgan fingerprint density at radius 3 is 2.82 bits per heavy atom. The highest BCUT2D eigenvalue weighted by Gasteiger charge is 2.17. The van der Waals surface area contributed by atoms with Gasteiger partial charge in [-0.05, 0) is 39.7 Å². The SMILES string of the molecule is CCc1occc1C(Cl)c1ccc(F)c(Br)c1. The zero-order valence-electron chi connectivity index (χ0n) is 9.21. The van der Waals surface area contributed by atoms with Gasteiger partial charge in [0.1, 0.15) is 11.6 Å². The molecule has 0 N–H and O–H groups in total. The molecule has 2 aromatic rings. The standard InChI is InChI=1S/C13H11BrClFO/c1-2-12-9(5-6-17-12)13(15)8-3-4-11(16)10(14)7-8/h3-7,13H,2H2,1H3. The van der Waals surface area contributed by atoms with Gasteiger partial charge in [-0.15, -0.1) is 11.6 Å². The van der Waals surface area contributed by atoms with Crippen molar-refractivity contribution >= 4 is 27.5 Å². The van der Waals surface area contributed by atoms with Gasteiger partial charge in [0.05, 0.1) is 16.1 Å². The summed E-state index contributed by atoms with van der Waals surface area (Å²) in [5.41, 5.74) is 1.78. The number of furan rings is 1. The highest BCUT2D eigenvalue weighted by atomic mass is 79.9. The molecule has 1 nitrogen and oxygen atoms in total. The van der Waals surface area contributed by atoms with E-state index in [1.165, 1.54) is 6.07 Å². The van der Waals surface area contributed by atoms with Crippen molar-refractivity contribution in [2.75, 3.05) is 0 Å². The second kappa shape index (κ2) is 5.23. The first-order valence-corrected chi connectivity index (χ1v) is 6.51. The summed E-state index contributed by atoms with van der Waals surface area (Å²) in [7, 11) is 0. The maximum Gasteiger partial charge on any atom is 0.137 e. The molecule has 90 valence electrons. The molecule has 2 rings (SSSR count). The second-order valence-electron chi connectivity index (χ2n) is 3.69. The van der Waals surface area contributed by atoms with Gasteiger partial charge < -0.3 is 4.42 Å². The largest absolute Gasteiger partial charge is 0.469 e. The molecule has 1 aromatic carbocycles. The Morgan fingerprint density at radius 1 is 1.41 bits per heavy atom. The number of benzene rings is 1. The lowest BCUT2D eigenvalue weighted by Crippen LogP contribution is -1.96. The second-order valence-corrected chi connectivity index (χ2v) is 4.98. The van der Waals surface area contributed by atoms with Crippen LogP contribution in [0.2, 0.25) is 0 Å². The highest BCUT2D eigenvalue weighted by Crippen LogP contribution is 2.33. The van der Waals surface area contributed by atoms with Gasteiger partial charge in [0.25, 0.3) is 0 Å². The molecule has 0 fully saturated rings. The number of alkyl halides is 1. The summed E-state index contributed by atoms with van der Waals surface area (Å²) in [6.45, 7) is 2.01. The van der Waals surface area contributed by atoms with E-state index >= 15 is 0 Å². The molecule has 1 heterocycles. The molecule has 0 aliphatic heterocycles. The number of aryl methyl sites for hydroxylation is 1. The van der Waals surface area contributed by atoms with Crippen molar-refractivity contribution in [3.63, 3.8) is 0 Å². The van der Waals surface area contributed by atoms with Crippen molar-refractivity contribution < 1.29 is 8.81 Å². The molecule has 0 saturated heterocycles. The van der Waals surface area contributed by atoms with E-state index in [-0.39, 0.29) is 11.2 Å². The third kappa shape index (κ3) is 2.55. The Hall–Kier alpha value is -0.800. The minimum absolute atomic E-state index is 0.291. The van der Waals surface area contributed by atoms with Crippen LogP contribution in [-0.4, -0.2) is 0 Å². The minimum atomic E-state index is -0.319. The van der Waals surface area contributed by atoms with Crippen LogP contribution >= 0.6 is 27.5 Å². The Bertz CT molecular complexity index is 524. The van der Waals surface area contributed by atoms with Crippen molar-refractivity contribution in [1.82, 2.24) is 0 Å². The molecular formula is C13H11BrClFO. The van der Waals surface area contributed by atoms with Crippen LogP contribution in [0.25, 0.3) is 0 Å². The van der Waals surface area contributed by atoms with Gasteiger partial charge in [-0.2, -0.15) is 0 Å². The van der Waals surface area contributed by atoms with Gasteiger partial charge in [-0.1, -0.05) is 13.0 Å². The molecule has 4 heteroatoms. The van der Waals surface area contributed by atoms with Crippen LogP contribution in [0.5, 0.6) is 0 Å². The molecule has 17 heavy (non-hydrogen) atoms. The van der Waals surface area contributed by atoms with Crippen LogP contribution in [-0.2, 0) is 6.42 Å². The van der Waals surface area contributed by atoms with E-state index in [0.717, 1.165) is 23.3 Å². The average Bonchev–Trinajstić information content (AvgIpc) is 2.80. The van der Waals surface area contributed by atoms with Gasteiger partial charge in [0.2, 0.25) is 0 Å². The zero-order chi connectivity index (χ0) is 12.4. The first-order chi connectivity index (χ1) is 8.13. The molecule has 0 bridgehead atoms. The third-order valence-corrected chi connectivity index (χ3v) is 3.71. The normalized spacial score (nSPS) is 12.7. The van der Waals surface area contributed by atoms with E-state index in [0.29, 0.717) is 4.47 Å². The van der Waals surface area contributed by atoms with Crippen LogP contribution in [0.15, 0.2) is 39.4 Å². The van der Waals surface area contributed by atoms with E-state index in [9.17, 15) is 4.39 Å². The lowest BCUT2D eigenvalue weighted by Gasteiger charge is -2.10. The van der Waals surface area contributed by atoms with E-state index in [1.807, 2.05) is 13.0 Å². The summed E-state index contributed by atoms with van der Waals surface area (Å²) >= 11 is 9.53. The van der Waals surface area contributed by atoms with Gasteiger partial charge in [0.15, 0.2) is 0 Å². The van der Waals surface area contributed by atoms with Crippen LogP contribution in [0.3, 0.4) is 0 Å². The predicted molar refractivity (Wildman–Crippen MR) is 69.9 cm³/mol. The number of hydrogen-bond donors (Lipinski definition) is 0. The Morgan fingerprint density at radius 2 is 2.18 bits per heavy atom. The Labute approximate surface area is 113 Å². The summed E-state index contributed by atoms with van der Waals surface area (Å²) in [6.07, 6.45) is 2.41. The maximum absolute atomic E-state index is 13.1. The van der Waals surface area contributed by atoms with Crippen molar-refractivity contribution in [3.05, 3.63) is 57.7 Å². The fourth-order valence-electron chi connectivity index (χ4n) is 1.71. The molecule has 1 atom stereocenters. The van der Waals surface area contributed by atoms with E-state index in [4.69, 9.17) is 16.0 Å². The fraction of sp³-hybridized carbons (Fsp3) is 0.231. The topological polar surface area (TPSA) is 13.1 Å². The van der Waals surface area contributed by atoms with Crippen molar-refractivity contribution in [1.29, 1.82) is 0 Å². The van der Waals surface area contributed by atoms with Gasteiger partial charge in [-0.25, -0.2) is 4.39 Å². The maximum atomic E-state index is 13.1. The Balaban J connectivity index is 2.36. The number of hydrogen-bond acceptors (Lipinski definition) is 1. The van der Waals surface area contributed by atoms with E-state index < -0.39 is 0 Å². The van der Waals surface area contributed by atoms with Crippen LogP contribution in [0.1, 0.15) is 29.2 Å². The minimum Gasteiger partial charge on any atom is -0.469 e. The van der Waals surface area contributed by atoms with Crippen molar-refractivity contribution in [3.8, 4) is 0 Å². The van der Waals surface area contributed by atoms with Gasteiger partial charge >= 0.3 is 0 Å². The smallest absolute Gasteiger partial charge is 0.137 e.